The summed E-state index contributed by atoms with van der Waals surface area (Å²) in [4.78, 5) is 2.33. The maximum Gasteiger partial charge on any atom is 0.435 e. The van der Waals surface area contributed by atoms with Crippen LogP contribution >= 0.6 is 21.6 Å². The molecule has 1 aromatic carbocycles. The van der Waals surface area contributed by atoms with E-state index in [9.17, 15) is 39.5 Å². The van der Waals surface area contributed by atoms with Crippen molar-refractivity contribution in [1.82, 2.24) is 4.90 Å². The largest absolute Gasteiger partial charge is 0.493 e. The lowest BCUT2D eigenvalue weighted by Gasteiger charge is -2.50. The summed E-state index contributed by atoms with van der Waals surface area (Å²) in [6, 6.07) is 6.32. The highest BCUT2D eigenvalue weighted by molar-refractivity contribution is 8.76. The lowest BCUT2D eigenvalue weighted by Crippen LogP contribution is -2.67. The summed E-state index contributed by atoms with van der Waals surface area (Å²) in [6.07, 6.45) is -11.8. The predicted octanol–water partition coefficient (Wildman–Crippen LogP) is 11.4. The molecule has 0 N–H and O–H groups in total. The number of likely N-dealkylation sites (N-methyl/N-ethyl adjacent to an activating group) is 1. The number of fused-ring (bicyclic) bond motifs is 5. The third kappa shape index (κ3) is 14.2. The number of hydrogen-bond donors (Lipinski definition) is 0. The van der Waals surface area contributed by atoms with Gasteiger partial charge in [0.15, 0.2) is 5.79 Å². The van der Waals surface area contributed by atoms with Gasteiger partial charge in [-0.3, -0.25) is 0 Å². The second-order valence-corrected chi connectivity index (χ2v) is 21.1. The van der Waals surface area contributed by atoms with Gasteiger partial charge in [0.25, 0.3) is 0 Å². The first-order valence-corrected chi connectivity index (χ1v) is 25.2. The van der Waals surface area contributed by atoms with Crippen LogP contribution in [0.4, 0.5) is 39.5 Å². The minimum Gasteiger partial charge on any atom is -0.493 e. The molecule has 5 rings (SSSR count). The average molecular weight is 970 g/mol. The second-order valence-electron chi connectivity index (χ2n) is 18.4. The molecular weight excluding hydrogens is 902 g/mol. The summed E-state index contributed by atoms with van der Waals surface area (Å²) < 4.78 is 158. The van der Waals surface area contributed by atoms with E-state index in [4.69, 9.17) is 28.4 Å². The summed E-state index contributed by atoms with van der Waals surface area (Å²) in [6.45, 7) is 11.2. The zero-order chi connectivity index (χ0) is 46.7. The summed E-state index contributed by atoms with van der Waals surface area (Å²) >= 11 is 0. The molecule has 19 heteroatoms. The quantitative estimate of drug-likeness (QED) is 0.0509. The van der Waals surface area contributed by atoms with Gasteiger partial charge in [0.1, 0.15) is 5.75 Å². The lowest BCUT2D eigenvalue weighted by molar-refractivity contribution is -0.457. The highest BCUT2D eigenvalue weighted by Gasteiger charge is 2.85. The first-order chi connectivity index (χ1) is 30.2. The van der Waals surface area contributed by atoms with Gasteiger partial charge in [-0.2, -0.15) is 39.5 Å². The fourth-order valence-electron chi connectivity index (χ4n) is 10.0. The van der Waals surface area contributed by atoms with E-state index in [1.165, 1.54) is 17.5 Å². The van der Waals surface area contributed by atoms with Crippen LogP contribution < -0.4 is 4.74 Å². The topological polar surface area (TPSA) is 67.9 Å². The van der Waals surface area contributed by atoms with Gasteiger partial charge >= 0.3 is 24.1 Å². The molecular formula is C45H68F9NO7S2. The van der Waals surface area contributed by atoms with Crippen LogP contribution in [0.2, 0.25) is 0 Å². The van der Waals surface area contributed by atoms with E-state index in [1.807, 2.05) is 19.9 Å². The molecule has 4 aliphatic rings. The van der Waals surface area contributed by atoms with Gasteiger partial charge in [-0.05, 0) is 132 Å². The molecule has 0 aromatic heterocycles. The van der Waals surface area contributed by atoms with E-state index in [0.717, 1.165) is 108 Å². The molecule has 0 bridgehead atoms. The zero-order valence-corrected chi connectivity index (χ0v) is 39.2. The molecule has 370 valence electrons. The van der Waals surface area contributed by atoms with Crippen molar-refractivity contribution in [1.29, 1.82) is 0 Å². The van der Waals surface area contributed by atoms with Crippen LogP contribution in [0.5, 0.6) is 5.75 Å². The summed E-state index contributed by atoms with van der Waals surface area (Å²) in [7, 11) is 5.73. The molecule has 2 saturated carbocycles. The molecule has 1 saturated heterocycles. The van der Waals surface area contributed by atoms with Gasteiger partial charge in [0, 0.05) is 43.6 Å². The number of unbranched alkanes of at least 4 members (excludes halogenated alkanes) is 1. The van der Waals surface area contributed by atoms with Gasteiger partial charge < -0.3 is 38.1 Å². The Balaban J connectivity index is 0.886. The molecule has 3 fully saturated rings. The van der Waals surface area contributed by atoms with E-state index >= 15 is 0 Å². The molecule has 0 radical (unpaired) electrons. The number of rotatable bonds is 26. The standard InChI is InChI=1S/C45H68F9NO7S2/c1-40(2)61-30-32(31-62-40)9-5-6-18-55(4)19-24-57-26-28-64-63-27-25-56-20-7-21-58-34-11-13-35-33(29-34)10-12-37-36(35)16-17-41(3)38(37)14-15-39(41)59-22-8-23-60-42(43(46,47)48,44(49,50)51)45(52,53)54/h11,13,29,32,36-39H,5-10,12,14-28,30-31H2,1-4H3/t36?,37?,38?,39-,41-/m0/s1. The van der Waals surface area contributed by atoms with Crippen LogP contribution in [-0.2, 0) is 34.8 Å². The molecule has 1 aliphatic heterocycles. The Morgan fingerprint density at radius 3 is 2.05 bits per heavy atom. The second kappa shape index (κ2) is 23.9. The van der Waals surface area contributed by atoms with E-state index in [2.05, 4.69) is 35.7 Å². The Hall–Kier alpha value is -1.19. The molecule has 8 nitrogen and oxygen atoms in total. The van der Waals surface area contributed by atoms with Crippen LogP contribution in [0.3, 0.4) is 0 Å². The van der Waals surface area contributed by atoms with E-state index < -0.39 is 42.9 Å². The van der Waals surface area contributed by atoms with Gasteiger partial charge in [-0.15, -0.1) is 0 Å². The maximum atomic E-state index is 13.2. The Morgan fingerprint density at radius 1 is 0.719 bits per heavy atom. The number of halogens is 9. The number of nitrogens with zero attached hydrogens (tertiary/aromatic N) is 1. The van der Waals surface area contributed by atoms with E-state index in [-0.39, 0.29) is 18.1 Å². The van der Waals surface area contributed by atoms with Crippen molar-refractivity contribution < 1.29 is 72.7 Å². The smallest absolute Gasteiger partial charge is 0.435 e. The summed E-state index contributed by atoms with van der Waals surface area (Å²) in [5.41, 5.74) is -3.93. The van der Waals surface area contributed by atoms with Gasteiger partial charge in [0.05, 0.1) is 52.4 Å². The fourth-order valence-corrected chi connectivity index (χ4v) is 11.7. The Kier molecular flexibility index (Phi) is 20.1. The molecule has 3 aliphatic carbocycles. The van der Waals surface area contributed by atoms with Crippen LogP contribution in [0.1, 0.15) is 102 Å². The molecule has 0 spiro atoms. The number of alkyl halides is 9. The van der Waals surface area contributed by atoms with E-state index in [0.29, 0.717) is 49.9 Å². The molecule has 1 aromatic rings. The molecule has 3 unspecified atom stereocenters. The number of aryl methyl sites for hydroxylation is 1. The number of hydrogen-bond acceptors (Lipinski definition) is 10. The summed E-state index contributed by atoms with van der Waals surface area (Å²) in [5.74, 6) is 3.76. The third-order valence-electron chi connectivity index (χ3n) is 13.5. The highest BCUT2D eigenvalue weighted by atomic mass is 33.1. The maximum absolute atomic E-state index is 13.2. The molecule has 5 atom stereocenters. The van der Waals surface area contributed by atoms with Crippen LogP contribution in [0.15, 0.2) is 18.2 Å². The third-order valence-corrected chi connectivity index (χ3v) is 15.8. The Morgan fingerprint density at radius 2 is 1.38 bits per heavy atom. The first kappa shape index (κ1) is 53.8. The predicted molar refractivity (Wildman–Crippen MR) is 230 cm³/mol. The first-order valence-electron chi connectivity index (χ1n) is 22.8. The monoisotopic (exact) mass is 969 g/mol. The SMILES string of the molecule is CN(CCCCC1COC(C)(C)OC1)CCOCCSSCCOCCCOc1ccc2c(c1)CCC1C2CC[C@@]2(C)C1CC[C@@H]2OCCCOC(C(F)(F)F)(C(F)(F)F)C(F)(F)F. The fraction of sp³-hybridized carbons (Fsp3) is 0.867. The van der Waals surface area contributed by atoms with Crippen molar-refractivity contribution in [2.75, 3.05) is 91.1 Å². The molecule has 1 heterocycles. The van der Waals surface area contributed by atoms with Crippen molar-refractivity contribution in [2.45, 2.75) is 133 Å². The van der Waals surface area contributed by atoms with Crippen LogP contribution in [0, 0.1) is 23.2 Å². The molecule has 64 heavy (non-hydrogen) atoms. The summed E-state index contributed by atoms with van der Waals surface area (Å²) in [5, 5.41) is 0. The highest BCUT2D eigenvalue weighted by Crippen LogP contribution is 2.62. The Labute approximate surface area is 380 Å². The minimum absolute atomic E-state index is 0.261. The van der Waals surface area contributed by atoms with Crippen LogP contribution in [-0.4, -0.2) is 132 Å². The van der Waals surface area contributed by atoms with Crippen molar-refractivity contribution in [3.05, 3.63) is 29.3 Å². The Bertz CT molecular complexity index is 1510. The van der Waals surface area contributed by atoms with Crippen molar-refractivity contribution in [3.8, 4) is 5.75 Å². The van der Waals surface area contributed by atoms with Gasteiger partial charge in [-0.1, -0.05) is 41.0 Å². The van der Waals surface area contributed by atoms with Crippen LogP contribution in [0.25, 0.3) is 0 Å². The lowest BCUT2D eigenvalue weighted by atomic mass is 9.55. The normalized spacial score (nSPS) is 25.3. The van der Waals surface area contributed by atoms with Crippen molar-refractivity contribution >= 4 is 21.6 Å². The van der Waals surface area contributed by atoms with Gasteiger partial charge in [-0.25, -0.2) is 0 Å². The average Bonchev–Trinajstić information content (AvgIpc) is 3.55. The zero-order valence-electron chi connectivity index (χ0n) is 37.6. The van der Waals surface area contributed by atoms with Gasteiger partial charge in [0.2, 0.25) is 0 Å². The number of ether oxygens (including phenoxy) is 7. The molecule has 0 amide bonds. The minimum atomic E-state index is -6.74. The number of benzene rings is 1. The van der Waals surface area contributed by atoms with E-state index in [1.54, 1.807) is 21.6 Å². The van der Waals surface area contributed by atoms with Crippen molar-refractivity contribution in [2.24, 2.45) is 23.2 Å². The van der Waals surface area contributed by atoms with Crippen molar-refractivity contribution in [3.63, 3.8) is 0 Å².